The summed E-state index contributed by atoms with van der Waals surface area (Å²) < 4.78 is 28.4. The Morgan fingerprint density at radius 1 is 1.09 bits per heavy atom. The highest BCUT2D eigenvalue weighted by atomic mass is 35.5. The molecule has 1 saturated heterocycles. The molecule has 1 aliphatic rings. The van der Waals surface area contributed by atoms with Crippen LogP contribution >= 0.6 is 46.6 Å². The van der Waals surface area contributed by atoms with Crippen molar-refractivity contribution in [2.24, 2.45) is 5.92 Å². The molecule has 0 aliphatic carbocycles. The van der Waals surface area contributed by atoms with E-state index in [0.29, 0.717) is 39.6 Å². The molecular formula is C24H29Cl3N2O2S2. The maximum absolute atomic E-state index is 13.5. The molecule has 1 unspecified atom stereocenters. The Hall–Kier alpha value is -1.07. The monoisotopic (exact) mass is 546 g/mol. The number of thioether (sulfide) groups is 1. The van der Waals surface area contributed by atoms with Crippen molar-refractivity contribution >= 4 is 62.3 Å². The molecule has 1 atom stereocenters. The average Bonchev–Trinajstić information content (AvgIpc) is 2.80. The molecule has 1 fully saturated rings. The molecule has 2 aromatic rings. The van der Waals surface area contributed by atoms with Gasteiger partial charge in [0.15, 0.2) is 0 Å². The lowest BCUT2D eigenvalue weighted by atomic mass is 10.00. The van der Waals surface area contributed by atoms with E-state index in [-0.39, 0.29) is 4.90 Å². The highest BCUT2D eigenvalue weighted by Crippen LogP contribution is 2.33. The lowest BCUT2D eigenvalue weighted by molar-refractivity contribution is 0.185. The minimum Gasteiger partial charge on any atom is -0.303 e. The summed E-state index contributed by atoms with van der Waals surface area (Å²) in [5.74, 6) is 1.88. The normalized spacial score (nSPS) is 16.6. The predicted molar refractivity (Wildman–Crippen MR) is 144 cm³/mol. The Morgan fingerprint density at radius 3 is 2.42 bits per heavy atom. The molecule has 1 aliphatic heterocycles. The number of anilines is 1. The number of sulfonamides is 1. The van der Waals surface area contributed by atoms with Crippen molar-refractivity contribution in [2.45, 2.75) is 24.2 Å². The lowest BCUT2D eigenvalue weighted by Gasteiger charge is -2.33. The molecule has 180 valence electrons. The number of piperidine rings is 1. The van der Waals surface area contributed by atoms with Gasteiger partial charge in [0.1, 0.15) is 0 Å². The molecule has 0 aromatic heterocycles. The van der Waals surface area contributed by atoms with Gasteiger partial charge in [-0.1, -0.05) is 34.8 Å². The van der Waals surface area contributed by atoms with Crippen molar-refractivity contribution < 1.29 is 8.42 Å². The number of hydrogen-bond acceptors (Lipinski definition) is 4. The van der Waals surface area contributed by atoms with Gasteiger partial charge in [-0.2, -0.15) is 11.8 Å². The Bertz CT molecular complexity index is 1010. The van der Waals surface area contributed by atoms with Crippen molar-refractivity contribution in [3.8, 4) is 12.8 Å². The average molecular weight is 548 g/mol. The van der Waals surface area contributed by atoms with Crippen LogP contribution in [0.25, 0.3) is 0 Å². The zero-order valence-electron chi connectivity index (χ0n) is 18.6. The van der Waals surface area contributed by atoms with Crippen LogP contribution in [0.3, 0.4) is 0 Å². The highest BCUT2D eigenvalue weighted by Gasteiger charge is 2.27. The van der Waals surface area contributed by atoms with Crippen LogP contribution in [-0.4, -0.2) is 51.5 Å². The molecule has 1 heterocycles. The first-order valence-electron chi connectivity index (χ1n) is 10.6. The van der Waals surface area contributed by atoms with Crippen LogP contribution in [0, 0.1) is 18.8 Å². The summed E-state index contributed by atoms with van der Waals surface area (Å²) in [6.07, 6.45) is 13.3. The maximum atomic E-state index is 13.5. The number of rotatable bonds is 9. The third-order valence-electron chi connectivity index (χ3n) is 5.42. The summed E-state index contributed by atoms with van der Waals surface area (Å²) in [6, 6.07) is 11.1. The van der Waals surface area contributed by atoms with Crippen LogP contribution in [0.4, 0.5) is 5.69 Å². The third-order valence-corrected chi connectivity index (χ3v) is 8.86. The molecule has 0 amide bonds. The van der Waals surface area contributed by atoms with Crippen molar-refractivity contribution in [3.63, 3.8) is 0 Å². The molecule has 0 saturated carbocycles. The first-order valence-corrected chi connectivity index (χ1v) is 14.6. The van der Waals surface area contributed by atoms with Crippen molar-refractivity contribution in [2.75, 3.05) is 42.5 Å². The Labute approximate surface area is 217 Å². The van der Waals surface area contributed by atoms with Gasteiger partial charge in [0, 0.05) is 23.1 Å². The first-order chi connectivity index (χ1) is 15.8. The van der Waals surface area contributed by atoms with Gasteiger partial charge < -0.3 is 4.90 Å². The second kappa shape index (κ2) is 13.7. The number of hydrogen-bond donors (Lipinski definition) is 0. The van der Waals surface area contributed by atoms with Crippen molar-refractivity contribution in [3.05, 3.63) is 57.5 Å². The van der Waals surface area contributed by atoms with Gasteiger partial charge in [-0.3, -0.25) is 4.31 Å². The van der Waals surface area contributed by atoms with E-state index in [2.05, 4.69) is 24.0 Å². The molecule has 0 N–H and O–H groups in total. The lowest BCUT2D eigenvalue weighted by Crippen LogP contribution is -2.39. The Kier molecular flexibility index (Phi) is 11.7. The SMILES string of the molecule is C#C.CSCC1CCCN(CCCN(c2cc(Cl)ccc2Cl)S(=O)(=O)c2ccc(Cl)cc2)C1. The van der Waals surface area contributed by atoms with E-state index in [1.165, 1.54) is 35.0 Å². The van der Waals surface area contributed by atoms with Crippen LogP contribution in [0.2, 0.25) is 15.1 Å². The molecular weight excluding hydrogens is 519 g/mol. The molecule has 0 radical (unpaired) electrons. The third kappa shape index (κ3) is 7.99. The number of likely N-dealkylation sites (tertiary alicyclic amines) is 1. The first kappa shape index (κ1) is 28.2. The Morgan fingerprint density at radius 2 is 1.76 bits per heavy atom. The van der Waals surface area contributed by atoms with Crippen LogP contribution in [0.15, 0.2) is 47.4 Å². The van der Waals surface area contributed by atoms with E-state index in [9.17, 15) is 8.42 Å². The second-order valence-electron chi connectivity index (χ2n) is 7.74. The van der Waals surface area contributed by atoms with Crippen molar-refractivity contribution in [1.82, 2.24) is 4.90 Å². The van der Waals surface area contributed by atoms with Crippen molar-refractivity contribution in [1.29, 1.82) is 0 Å². The van der Waals surface area contributed by atoms with E-state index in [4.69, 9.17) is 34.8 Å². The van der Waals surface area contributed by atoms with E-state index >= 15 is 0 Å². The van der Waals surface area contributed by atoms with Crippen LogP contribution in [0.5, 0.6) is 0 Å². The topological polar surface area (TPSA) is 40.6 Å². The van der Waals surface area contributed by atoms with Crippen LogP contribution < -0.4 is 4.31 Å². The number of benzene rings is 2. The molecule has 3 rings (SSSR count). The van der Waals surface area contributed by atoms with E-state index in [0.717, 1.165) is 19.6 Å². The van der Waals surface area contributed by atoms with E-state index < -0.39 is 10.0 Å². The number of terminal acetylenes is 1. The summed E-state index contributed by atoms with van der Waals surface area (Å²) in [7, 11) is -3.82. The molecule has 33 heavy (non-hydrogen) atoms. The minimum atomic E-state index is -3.82. The molecule has 9 heteroatoms. The standard InChI is InChI=1S/C22H27Cl3N2O2S2.C2H2/c1-30-16-17-4-2-11-26(15-17)12-3-13-27(22-14-19(24)7-10-21(22)25)31(28,29)20-8-5-18(23)6-9-20;1-2/h5-10,14,17H,2-4,11-13,15-16H2,1H3;1-2H. The fourth-order valence-corrected chi connectivity index (χ4v) is 6.76. The fourth-order valence-electron chi connectivity index (χ4n) is 3.94. The van der Waals surface area contributed by atoms with Gasteiger partial charge >= 0.3 is 0 Å². The summed E-state index contributed by atoms with van der Waals surface area (Å²) in [5, 5.41) is 1.27. The largest absolute Gasteiger partial charge is 0.303 e. The summed E-state index contributed by atoms with van der Waals surface area (Å²) >= 11 is 20.4. The number of nitrogens with zero attached hydrogens (tertiary/aromatic N) is 2. The van der Waals surface area contributed by atoms with Gasteiger partial charge in [-0.25, -0.2) is 8.42 Å². The van der Waals surface area contributed by atoms with Gasteiger partial charge in [-0.15, -0.1) is 12.8 Å². The van der Waals surface area contributed by atoms with Crippen LogP contribution in [0.1, 0.15) is 19.3 Å². The predicted octanol–water partition coefficient (Wildman–Crippen LogP) is 6.56. The molecule has 4 nitrogen and oxygen atoms in total. The molecule has 0 bridgehead atoms. The van der Waals surface area contributed by atoms with E-state index in [1.54, 1.807) is 30.3 Å². The fraction of sp³-hybridized carbons (Fsp3) is 0.417. The van der Waals surface area contributed by atoms with Crippen LogP contribution in [-0.2, 0) is 10.0 Å². The molecule has 2 aromatic carbocycles. The van der Waals surface area contributed by atoms with Gasteiger partial charge in [-0.05, 0) is 92.7 Å². The second-order valence-corrected chi connectivity index (χ2v) is 11.8. The number of halogens is 3. The maximum Gasteiger partial charge on any atom is 0.264 e. The van der Waals surface area contributed by atoms with Gasteiger partial charge in [0.25, 0.3) is 10.0 Å². The van der Waals surface area contributed by atoms with Gasteiger partial charge in [0.2, 0.25) is 0 Å². The zero-order chi connectivity index (χ0) is 24.4. The zero-order valence-corrected chi connectivity index (χ0v) is 22.5. The Balaban J connectivity index is 0.00000187. The smallest absolute Gasteiger partial charge is 0.264 e. The minimum absolute atomic E-state index is 0.172. The van der Waals surface area contributed by atoms with E-state index in [1.807, 2.05) is 11.8 Å². The summed E-state index contributed by atoms with van der Waals surface area (Å²) in [5.41, 5.74) is 0.392. The van der Waals surface area contributed by atoms with Gasteiger partial charge in [0.05, 0.1) is 15.6 Å². The highest BCUT2D eigenvalue weighted by molar-refractivity contribution is 7.98. The summed E-state index contributed by atoms with van der Waals surface area (Å²) in [4.78, 5) is 2.61. The quantitative estimate of drug-likeness (QED) is 0.334. The molecule has 0 spiro atoms. The summed E-state index contributed by atoms with van der Waals surface area (Å²) in [6.45, 7) is 3.29.